The topological polar surface area (TPSA) is 263 Å². The van der Waals surface area contributed by atoms with Gasteiger partial charge in [-0.15, -0.1) is 0 Å². The molecule has 5 unspecified atom stereocenters. The van der Waals surface area contributed by atoms with Gasteiger partial charge >= 0.3 is 12.1 Å². The normalized spacial score (nSPS) is 18.3. The van der Waals surface area contributed by atoms with Crippen LogP contribution < -0.4 is 20.6 Å². The van der Waals surface area contributed by atoms with Gasteiger partial charge in [-0.25, -0.2) is 41.2 Å². The highest BCUT2D eigenvalue weighted by molar-refractivity contribution is 8.00. The molecule has 77 heavy (non-hydrogen) atoms. The highest BCUT2D eigenvalue weighted by Gasteiger charge is 2.37. The third-order valence-electron chi connectivity index (χ3n) is 13.8. The maximum Gasteiger partial charge on any atom is 0.410 e. The van der Waals surface area contributed by atoms with Gasteiger partial charge in [0.2, 0.25) is 10.0 Å². The number of rotatable bonds is 10. The fourth-order valence-electron chi connectivity index (χ4n) is 9.77. The van der Waals surface area contributed by atoms with Crippen molar-refractivity contribution in [2.24, 2.45) is 11.8 Å². The molecule has 0 bridgehead atoms. The van der Waals surface area contributed by atoms with Crippen molar-refractivity contribution >= 4 is 66.2 Å². The zero-order valence-corrected chi connectivity index (χ0v) is 46.7. The molecular weight excluding hydrogens is 1020 g/mol. The first kappa shape index (κ1) is 57.0. The Morgan fingerprint density at radius 3 is 1.64 bits per heavy atom. The fourth-order valence-corrected chi connectivity index (χ4v) is 11.0. The Morgan fingerprint density at radius 2 is 1.16 bits per heavy atom. The first-order chi connectivity index (χ1) is 36.2. The average molecular weight is 1090 g/mol. The third-order valence-corrected chi connectivity index (χ3v) is 15.1. The number of anilines is 2. The molecule has 5 N–H and O–H groups in total. The van der Waals surface area contributed by atoms with Gasteiger partial charge in [-0.3, -0.25) is 34.2 Å². The number of sulfonamides is 1. The van der Waals surface area contributed by atoms with Crippen molar-refractivity contribution in [1.29, 1.82) is 0 Å². The maximum absolute atomic E-state index is 13.8. The van der Waals surface area contributed by atoms with Gasteiger partial charge in [-0.1, -0.05) is 67.4 Å². The number of aromatic amines is 2. The number of nitrogens with one attached hydrogen (secondary N) is 4. The standard InChI is InChI=1S/C23H29N5O4S.C22H26N4O3.C10H13NO3S/c1-13-8-9-18(26-33(5,31)32)17(11-13)23(30)27-10-6-7-14(2)21(27)19-12-20-24-16(4)15(3)22(29)28(20)25-19;1-14-8-7-11-25(22(28)29-13-17-9-5-4-6-10-17)20(14)18-12-19-23-16(3)15(2)21(27)26(19)24-18;1-7-4-5-9(11-15(2,3)14)8(6-7)10(12)13/h8-9,11-12,14,21,25-26H,6-7,10H2,1-5H3;4-6,9-10,12,14,20,24H,7-8,11,13H2,1-3H3;4-6H,2H2,1,3H3,(H,11,14)(H,12,13). The van der Waals surface area contributed by atoms with E-state index < -0.39 is 25.7 Å². The number of aryl methyl sites for hydroxylation is 4. The lowest BCUT2D eigenvalue weighted by atomic mass is 9.88. The monoisotopic (exact) mass is 1090 g/mol. The van der Waals surface area contributed by atoms with Crippen LogP contribution >= 0.6 is 0 Å². The summed E-state index contributed by atoms with van der Waals surface area (Å²) in [6, 6.07) is 22.8. The number of H-pyrrole nitrogens is 2. The molecule has 3 aromatic carbocycles. The molecule has 7 aromatic rings. The van der Waals surface area contributed by atoms with Crippen LogP contribution in [0.4, 0.5) is 16.2 Å². The molecule has 0 saturated carbocycles. The van der Waals surface area contributed by atoms with Crippen LogP contribution in [0.15, 0.2) is 88.5 Å². The number of aromatic nitrogens is 6. The van der Waals surface area contributed by atoms with Crippen molar-refractivity contribution in [3.8, 4) is 0 Å². The molecule has 0 spiro atoms. The summed E-state index contributed by atoms with van der Waals surface area (Å²) in [4.78, 5) is 75.5. The summed E-state index contributed by atoms with van der Waals surface area (Å²) in [6.45, 7) is 16.4. The van der Waals surface area contributed by atoms with Crippen LogP contribution in [0.5, 0.6) is 0 Å². The zero-order valence-electron chi connectivity index (χ0n) is 45.1. The molecule has 22 heteroatoms. The number of carbonyl (C=O) groups is 3. The number of carboxylic acids is 1. The Labute approximate surface area is 448 Å². The average Bonchev–Trinajstić information content (AvgIpc) is 4.02. The third kappa shape index (κ3) is 13.5. The van der Waals surface area contributed by atoms with Crippen LogP contribution in [0.1, 0.15) is 123 Å². The number of carboxylic acid groups (broad SMARTS) is 1. The van der Waals surface area contributed by atoms with Gasteiger partial charge in [-0.2, -0.15) is 0 Å². The summed E-state index contributed by atoms with van der Waals surface area (Å²) < 4.78 is 48.7. The van der Waals surface area contributed by atoms with Gasteiger partial charge in [0.1, 0.15) is 6.61 Å². The number of piperidine rings is 2. The molecule has 2 aliphatic heterocycles. The Morgan fingerprint density at radius 1 is 0.688 bits per heavy atom. The molecule has 4 aromatic heterocycles. The Kier molecular flexibility index (Phi) is 17.2. The number of fused-ring (bicyclic) bond motifs is 2. The molecule has 6 heterocycles. The molecule has 9 rings (SSSR count). The van der Waals surface area contributed by atoms with E-state index in [4.69, 9.17) is 9.84 Å². The second-order valence-corrected chi connectivity index (χ2v) is 24.3. The quantitative estimate of drug-likeness (QED) is 0.0815. The van der Waals surface area contributed by atoms with Gasteiger partial charge in [0.05, 0.1) is 52.2 Å². The summed E-state index contributed by atoms with van der Waals surface area (Å²) in [5.74, 6) is 2.47. The lowest BCUT2D eigenvalue weighted by molar-refractivity contribution is 0.0498. The highest BCUT2D eigenvalue weighted by Crippen LogP contribution is 2.38. The first-order valence-corrected chi connectivity index (χ1v) is 29.2. The van der Waals surface area contributed by atoms with Crippen LogP contribution in [0.3, 0.4) is 0 Å². The number of hydrogen-bond donors (Lipinski definition) is 5. The molecule has 20 nitrogen and oxygen atoms in total. The summed E-state index contributed by atoms with van der Waals surface area (Å²) in [7, 11) is -6.02. The first-order valence-electron chi connectivity index (χ1n) is 25.2. The molecule has 2 saturated heterocycles. The minimum atomic E-state index is -3.56. The van der Waals surface area contributed by atoms with E-state index in [1.165, 1.54) is 21.4 Å². The molecule has 0 radical (unpaired) electrons. The predicted octanol–water partition coefficient (Wildman–Crippen LogP) is 8.05. The summed E-state index contributed by atoms with van der Waals surface area (Å²) >= 11 is 0. The van der Waals surface area contributed by atoms with Gasteiger partial charge in [0.25, 0.3) is 17.0 Å². The number of nitrogens with zero attached hydrogens (tertiary/aromatic N) is 6. The Balaban J connectivity index is 0.000000179. The van der Waals surface area contributed by atoms with E-state index in [1.807, 2.05) is 56.3 Å². The molecular formula is C55H68N10O10S2. The second kappa shape index (κ2) is 23.3. The molecule has 2 aliphatic rings. The van der Waals surface area contributed by atoms with Gasteiger partial charge < -0.3 is 19.5 Å². The minimum Gasteiger partial charge on any atom is -0.478 e. The lowest BCUT2D eigenvalue weighted by Gasteiger charge is -2.39. The number of benzene rings is 3. The summed E-state index contributed by atoms with van der Waals surface area (Å²) in [5.41, 5.74) is 8.57. The van der Waals surface area contributed by atoms with Gasteiger partial charge in [0.15, 0.2) is 11.3 Å². The van der Waals surface area contributed by atoms with E-state index in [0.29, 0.717) is 52.5 Å². The number of likely N-dealkylation sites (tertiary alicyclic amines) is 2. The molecule has 2 fully saturated rings. The fraction of sp³-hybridized carbons (Fsp3) is 0.382. The number of amides is 2. The van der Waals surface area contributed by atoms with Gasteiger partial charge in [-0.05, 0) is 115 Å². The minimum absolute atomic E-state index is 0.105. The smallest absolute Gasteiger partial charge is 0.410 e. The van der Waals surface area contributed by atoms with Crippen LogP contribution in [0, 0.1) is 53.4 Å². The maximum atomic E-state index is 13.8. The number of carbonyl (C=O) groups excluding carboxylic acids is 2. The van der Waals surface area contributed by atoms with Crippen molar-refractivity contribution in [1.82, 2.24) is 39.0 Å². The van der Waals surface area contributed by atoms with E-state index in [-0.39, 0.29) is 64.9 Å². The highest BCUT2D eigenvalue weighted by atomic mass is 32.2. The van der Waals surface area contributed by atoms with E-state index in [9.17, 15) is 36.6 Å². The van der Waals surface area contributed by atoms with E-state index >= 15 is 0 Å². The van der Waals surface area contributed by atoms with E-state index in [0.717, 1.165) is 65.7 Å². The number of aromatic carboxylic acids is 1. The lowest BCUT2D eigenvalue weighted by Crippen LogP contribution is -2.42. The predicted molar refractivity (Wildman–Crippen MR) is 300 cm³/mol. The number of ether oxygens (including phenoxy) is 1. The molecule has 410 valence electrons. The SMILES string of the molecule is C=S(C)(=O)Nc1ccc(C)cc1C(=O)O.Cc1ccc(NS(C)(=O)=O)c(C(=O)N2CCCC(C)C2c2cc3nc(C)c(C)c(=O)n3[nH]2)c1.Cc1nc2cc(C3C(C)CCCN3C(=O)OCc3ccccc3)[nH]n2c(=O)c1C. The van der Waals surface area contributed by atoms with E-state index in [1.54, 1.807) is 67.8 Å². The van der Waals surface area contributed by atoms with Crippen molar-refractivity contribution in [3.63, 3.8) is 0 Å². The van der Waals surface area contributed by atoms with Crippen molar-refractivity contribution < 1.29 is 36.9 Å². The molecule has 5 atom stereocenters. The Bertz CT molecular complexity index is 3720. The number of hydrogen-bond acceptors (Lipinski definition) is 11. The summed E-state index contributed by atoms with van der Waals surface area (Å²) in [5, 5.41) is 15.3. The van der Waals surface area contributed by atoms with Crippen molar-refractivity contribution in [3.05, 3.63) is 161 Å². The molecule has 0 aliphatic carbocycles. The molecule has 2 amide bonds. The van der Waals surface area contributed by atoms with Crippen LogP contribution in [-0.4, -0.2) is 106 Å². The Hall–Kier alpha value is -7.72. The van der Waals surface area contributed by atoms with Gasteiger partial charge in [0, 0.05) is 63.7 Å². The van der Waals surface area contributed by atoms with E-state index in [2.05, 4.69) is 49.3 Å². The van der Waals surface area contributed by atoms with Crippen molar-refractivity contribution in [2.45, 2.75) is 99.8 Å². The summed E-state index contributed by atoms with van der Waals surface area (Å²) in [6.07, 6.45) is 5.83. The zero-order chi connectivity index (χ0) is 56.3. The largest absolute Gasteiger partial charge is 0.478 e. The van der Waals surface area contributed by atoms with Crippen LogP contribution in [0.25, 0.3) is 11.3 Å². The second-order valence-electron chi connectivity index (χ2n) is 20.3. The van der Waals surface area contributed by atoms with Crippen LogP contribution in [-0.2, 0) is 31.1 Å². The van der Waals surface area contributed by atoms with Crippen molar-refractivity contribution in [2.75, 3.05) is 35.0 Å². The van der Waals surface area contributed by atoms with Crippen LogP contribution in [0.2, 0.25) is 0 Å².